The monoisotopic (exact) mass is 522 g/mol. The largest absolute Gasteiger partial charge is 0.463 e. The smallest absolute Gasteiger partial charge is 0.338 e. The fourth-order valence-corrected chi connectivity index (χ4v) is 5.15. The summed E-state index contributed by atoms with van der Waals surface area (Å²) in [6.07, 6.45) is 0. The van der Waals surface area contributed by atoms with Crippen molar-refractivity contribution in [3.63, 3.8) is 0 Å². The number of esters is 1. The molecule has 3 amide bonds. The maximum atomic E-state index is 14.8. The normalized spacial score (nSPS) is 20.4. The van der Waals surface area contributed by atoms with E-state index in [1.165, 1.54) is 11.0 Å². The minimum atomic E-state index is -0.970. The number of hydrogen-bond acceptors (Lipinski definition) is 5. The number of rotatable bonds is 7. The maximum Gasteiger partial charge on any atom is 0.338 e. The SMILES string of the molecule is CCOC(=O)C1=C(CN2CCN(C(=O)c3ccc(C)cc3)[C@@H](C)C2)N(CC)C(=O)N[C@@H]1c1ccccc1F. The minimum Gasteiger partial charge on any atom is -0.463 e. The molecule has 1 fully saturated rings. The Hall–Kier alpha value is -3.72. The van der Waals surface area contributed by atoms with Gasteiger partial charge in [0.1, 0.15) is 5.82 Å². The third kappa shape index (κ3) is 5.57. The summed E-state index contributed by atoms with van der Waals surface area (Å²) in [5.74, 6) is -1.12. The zero-order valence-corrected chi connectivity index (χ0v) is 22.4. The van der Waals surface area contributed by atoms with E-state index < -0.39 is 23.9 Å². The second-order valence-electron chi connectivity index (χ2n) is 9.68. The molecule has 9 heteroatoms. The van der Waals surface area contributed by atoms with Gasteiger partial charge in [0.15, 0.2) is 0 Å². The first kappa shape index (κ1) is 27.3. The Morgan fingerprint density at radius 2 is 1.79 bits per heavy atom. The molecule has 2 aromatic carbocycles. The zero-order chi connectivity index (χ0) is 27.4. The zero-order valence-electron chi connectivity index (χ0n) is 22.4. The van der Waals surface area contributed by atoms with Gasteiger partial charge in [-0.15, -0.1) is 0 Å². The Morgan fingerprint density at radius 3 is 2.42 bits per heavy atom. The molecule has 8 nitrogen and oxygen atoms in total. The van der Waals surface area contributed by atoms with Crippen molar-refractivity contribution in [2.24, 2.45) is 0 Å². The minimum absolute atomic E-state index is 0.0181. The Kier molecular flexibility index (Phi) is 8.46. The number of urea groups is 1. The van der Waals surface area contributed by atoms with Crippen LogP contribution >= 0.6 is 0 Å². The molecule has 1 N–H and O–H groups in total. The summed E-state index contributed by atoms with van der Waals surface area (Å²) in [6, 6.07) is 12.2. The molecule has 2 aromatic rings. The van der Waals surface area contributed by atoms with Crippen LogP contribution < -0.4 is 5.32 Å². The van der Waals surface area contributed by atoms with Crippen LogP contribution in [0, 0.1) is 12.7 Å². The van der Waals surface area contributed by atoms with E-state index in [1.54, 1.807) is 25.1 Å². The summed E-state index contributed by atoms with van der Waals surface area (Å²) in [5, 5.41) is 2.80. The highest BCUT2D eigenvalue weighted by atomic mass is 19.1. The van der Waals surface area contributed by atoms with Gasteiger partial charge in [-0.2, -0.15) is 0 Å². The lowest BCUT2D eigenvalue weighted by atomic mass is 9.93. The van der Waals surface area contributed by atoms with Crippen LogP contribution in [0.5, 0.6) is 0 Å². The van der Waals surface area contributed by atoms with Gasteiger partial charge in [0, 0.05) is 55.6 Å². The number of hydrogen-bond donors (Lipinski definition) is 1. The van der Waals surface area contributed by atoms with Crippen LogP contribution in [-0.4, -0.2) is 78.0 Å². The van der Waals surface area contributed by atoms with Crippen molar-refractivity contribution in [2.75, 3.05) is 39.3 Å². The highest BCUT2D eigenvalue weighted by molar-refractivity contribution is 5.95. The molecule has 2 aliphatic heterocycles. The van der Waals surface area contributed by atoms with Crippen LogP contribution in [0.1, 0.15) is 48.3 Å². The van der Waals surface area contributed by atoms with E-state index >= 15 is 0 Å². The first-order valence-electron chi connectivity index (χ1n) is 13.1. The number of carbonyl (C=O) groups excluding carboxylic acids is 3. The average Bonchev–Trinajstić information content (AvgIpc) is 2.89. The second-order valence-corrected chi connectivity index (χ2v) is 9.68. The van der Waals surface area contributed by atoms with E-state index in [2.05, 4.69) is 10.2 Å². The number of aryl methyl sites for hydroxylation is 1. The molecular formula is C29H35FN4O4. The van der Waals surface area contributed by atoms with Gasteiger partial charge in [-0.25, -0.2) is 14.0 Å². The van der Waals surface area contributed by atoms with Gasteiger partial charge in [-0.1, -0.05) is 35.9 Å². The van der Waals surface area contributed by atoms with Gasteiger partial charge in [-0.05, 0) is 45.9 Å². The second kappa shape index (κ2) is 11.8. The van der Waals surface area contributed by atoms with Crippen molar-refractivity contribution in [1.82, 2.24) is 20.0 Å². The number of halogens is 1. The molecule has 2 heterocycles. The molecule has 4 rings (SSSR count). The molecular weight excluding hydrogens is 487 g/mol. The third-order valence-corrected chi connectivity index (χ3v) is 7.11. The molecule has 0 radical (unpaired) electrons. The topological polar surface area (TPSA) is 82.2 Å². The van der Waals surface area contributed by atoms with E-state index in [1.807, 2.05) is 49.9 Å². The maximum absolute atomic E-state index is 14.8. The van der Waals surface area contributed by atoms with E-state index in [4.69, 9.17) is 4.74 Å². The van der Waals surface area contributed by atoms with Crippen molar-refractivity contribution >= 4 is 17.9 Å². The third-order valence-electron chi connectivity index (χ3n) is 7.11. The van der Waals surface area contributed by atoms with Crippen LogP contribution in [0.2, 0.25) is 0 Å². The lowest BCUT2D eigenvalue weighted by Gasteiger charge is -2.43. The Balaban J connectivity index is 1.63. The molecule has 202 valence electrons. The van der Waals surface area contributed by atoms with Gasteiger partial charge in [-0.3, -0.25) is 14.6 Å². The molecule has 2 atom stereocenters. The summed E-state index contributed by atoms with van der Waals surface area (Å²) in [5.41, 5.74) is 2.67. The van der Waals surface area contributed by atoms with Crippen molar-refractivity contribution in [1.29, 1.82) is 0 Å². The molecule has 0 bridgehead atoms. The fourth-order valence-electron chi connectivity index (χ4n) is 5.15. The predicted molar refractivity (Wildman–Crippen MR) is 142 cm³/mol. The average molecular weight is 523 g/mol. The standard InChI is InChI=1S/C29H35FN4O4/c1-5-33-24(18-32-15-16-34(20(4)17-32)27(35)21-13-11-19(3)12-14-21)25(28(36)38-6-2)26(31-29(33)37)22-9-7-8-10-23(22)30/h7-14,20,26H,5-6,15-18H2,1-4H3,(H,31,37)/t20-,26+/m0/s1. The van der Waals surface area contributed by atoms with E-state index in [0.717, 1.165) is 5.56 Å². The van der Waals surface area contributed by atoms with Crippen LogP contribution in [0.3, 0.4) is 0 Å². The van der Waals surface area contributed by atoms with Gasteiger partial charge in [0.2, 0.25) is 0 Å². The summed E-state index contributed by atoms with van der Waals surface area (Å²) in [6.45, 7) is 9.90. The number of amides is 3. The Labute approximate surface area is 223 Å². The molecule has 1 saturated heterocycles. The Morgan fingerprint density at radius 1 is 1.08 bits per heavy atom. The van der Waals surface area contributed by atoms with Crippen molar-refractivity contribution in [2.45, 2.75) is 39.8 Å². The number of piperazine rings is 1. The number of carbonyl (C=O) groups is 3. The highest BCUT2D eigenvalue weighted by Gasteiger charge is 2.40. The first-order chi connectivity index (χ1) is 18.2. The van der Waals surface area contributed by atoms with E-state index in [0.29, 0.717) is 37.4 Å². The van der Waals surface area contributed by atoms with Crippen LogP contribution in [0.4, 0.5) is 9.18 Å². The van der Waals surface area contributed by atoms with Crippen LogP contribution in [0.15, 0.2) is 59.8 Å². The van der Waals surface area contributed by atoms with Crippen LogP contribution in [-0.2, 0) is 9.53 Å². The molecule has 0 aromatic heterocycles. The summed E-state index contributed by atoms with van der Waals surface area (Å²) in [7, 11) is 0. The lowest BCUT2D eigenvalue weighted by molar-refractivity contribution is -0.139. The van der Waals surface area contributed by atoms with Gasteiger partial charge >= 0.3 is 12.0 Å². The van der Waals surface area contributed by atoms with Gasteiger partial charge in [0.25, 0.3) is 5.91 Å². The Bertz CT molecular complexity index is 1230. The van der Waals surface area contributed by atoms with Gasteiger partial charge in [0.05, 0.1) is 18.2 Å². The summed E-state index contributed by atoms with van der Waals surface area (Å²) < 4.78 is 20.2. The predicted octanol–water partition coefficient (Wildman–Crippen LogP) is 3.88. The van der Waals surface area contributed by atoms with E-state index in [-0.39, 0.29) is 36.2 Å². The lowest BCUT2D eigenvalue weighted by Crippen LogP contribution is -2.56. The quantitative estimate of drug-likeness (QED) is 0.558. The molecule has 38 heavy (non-hydrogen) atoms. The van der Waals surface area contributed by atoms with Gasteiger partial charge < -0.3 is 15.0 Å². The van der Waals surface area contributed by atoms with E-state index in [9.17, 15) is 18.8 Å². The highest BCUT2D eigenvalue weighted by Crippen LogP contribution is 2.33. The number of nitrogens with zero attached hydrogens (tertiary/aromatic N) is 3. The molecule has 2 aliphatic rings. The molecule has 0 saturated carbocycles. The van der Waals surface area contributed by atoms with Crippen molar-refractivity contribution < 1.29 is 23.5 Å². The van der Waals surface area contributed by atoms with Crippen molar-refractivity contribution in [3.8, 4) is 0 Å². The first-order valence-corrected chi connectivity index (χ1v) is 13.1. The number of ether oxygens (including phenoxy) is 1. The number of nitrogens with one attached hydrogen (secondary N) is 1. The molecule has 0 aliphatic carbocycles. The van der Waals surface area contributed by atoms with Crippen LogP contribution in [0.25, 0.3) is 0 Å². The number of benzene rings is 2. The fraction of sp³-hybridized carbons (Fsp3) is 0.414. The molecule has 0 unspecified atom stereocenters. The summed E-state index contributed by atoms with van der Waals surface area (Å²) >= 11 is 0. The molecule has 0 spiro atoms. The number of likely N-dealkylation sites (N-methyl/N-ethyl adjacent to an activating group) is 1. The van der Waals surface area contributed by atoms with Crippen molar-refractivity contribution in [3.05, 3.63) is 82.3 Å². The summed E-state index contributed by atoms with van der Waals surface area (Å²) in [4.78, 5) is 45.0.